The minimum Gasteiger partial charge on any atom is -0.387 e. The Labute approximate surface area is 78.7 Å². The van der Waals surface area contributed by atoms with Gasteiger partial charge in [-0.2, -0.15) is 0 Å². The number of carbonyl (C=O) groups is 1. The number of rotatable bonds is 5. The van der Waals surface area contributed by atoms with Crippen LogP contribution in [-0.2, 0) is 11.2 Å². The second kappa shape index (κ2) is 5.18. The fraction of sp³-hybridized carbons (Fsp3) is 0.571. The number of aliphatic hydroxyl groups excluding tert-OH is 1. The van der Waals surface area contributed by atoms with Gasteiger partial charge in [-0.3, -0.25) is 9.32 Å². The Hall–Kier alpha value is -1.63. The Bertz CT molecular complexity index is 342. The maximum atomic E-state index is 10.6. The van der Waals surface area contributed by atoms with E-state index in [1.807, 2.05) is 0 Å². The predicted molar refractivity (Wildman–Crippen MR) is 43.5 cm³/mol. The Morgan fingerprint density at radius 2 is 2.36 bits per heavy atom. The van der Waals surface area contributed by atoms with Crippen LogP contribution in [0.15, 0.2) is 13.7 Å². The molecule has 14 heavy (non-hydrogen) atoms. The highest BCUT2D eigenvalue weighted by atomic mass is 16.6. The van der Waals surface area contributed by atoms with E-state index >= 15 is 0 Å². The quantitative estimate of drug-likeness (QED) is 0.573. The van der Waals surface area contributed by atoms with Gasteiger partial charge in [-0.25, -0.2) is 4.79 Å². The lowest BCUT2D eigenvalue weighted by atomic mass is 10.3. The monoisotopic (exact) mass is 202 g/mol. The number of carbonyl (C=O) groups excluding carboxylic acids is 1. The van der Waals surface area contributed by atoms with Crippen molar-refractivity contribution in [2.75, 3.05) is 13.2 Å². The van der Waals surface area contributed by atoms with E-state index in [9.17, 15) is 9.59 Å². The van der Waals surface area contributed by atoms with E-state index in [1.165, 1.54) is 0 Å². The summed E-state index contributed by atoms with van der Waals surface area (Å²) in [6, 6.07) is 0. The van der Waals surface area contributed by atoms with Crippen LogP contribution in [0.5, 0.6) is 0 Å². The van der Waals surface area contributed by atoms with Crippen molar-refractivity contribution < 1.29 is 18.8 Å². The number of aromatic nitrogens is 1. The first-order valence-corrected chi connectivity index (χ1v) is 4.05. The molecule has 1 heterocycles. The van der Waals surface area contributed by atoms with E-state index in [4.69, 9.17) is 5.11 Å². The number of nitrogens with zero attached hydrogens (tertiary/aromatic N) is 1. The molecule has 7 nitrogen and oxygen atoms in total. The molecule has 7 heteroatoms. The Morgan fingerprint density at radius 1 is 1.57 bits per heavy atom. The van der Waals surface area contributed by atoms with Crippen molar-refractivity contribution >= 4 is 5.91 Å². The van der Waals surface area contributed by atoms with Crippen LogP contribution in [0.25, 0.3) is 0 Å². The molecule has 0 spiro atoms. The van der Waals surface area contributed by atoms with Crippen LogP contribution < -0.4 is 11.1 Å². The zero-order chi connectivity index (χ0) is 10.4. The summed E-state index contributed by atoms with van der Waals surface area (Å²) < 4.78 is 8.69. The number of aryl methyl sites for hydroxylation is 1. The van der Waals surface area contributed by atoms with Crippen LogP contribution in [-0.4, -0.2) is 29.3 Å². The molecule has 0 aromatic carbocycles. The highest BCUT2D eigenvalue weighted by Crippen LogP contribution is 1.94. The first-order chi connectivity index (χ1) is 6.72. The molecule has 0 aliphatic heterocycles. The molecular formula is C7H10N2O5. The fourth-order valence-corrected chi connectivity index (χ4v) is 0.842. The molecule has 0 bridgehead atoms. The molecule has 1 amide bonds. The van der Waals surface area contributed by atoms with Gasteiger partial charge in [0.15, 0.2) is 0 Å². The van der Waals surface area contributed by atoms with Gasteiger partial charge in [-0.15, -0.1) is 0 Å². The van der Waals surface area contributed by atoms with Crippen molar-refractivity contribution in [1.82, 2.24) is 10.5 Å². The molecule has 0 unspecified atom stereocenters. The maximum absolute atomic E-state index is 10.6. The zero-order valence-corrected chi connectivity index (χ0v) is 7.36. The summed E-state index contributed by atoms with van der Waals surface area (Å²) in [5.74, 6) is -1.07. The molecule has 1 aromatic rings. The van der Waals surface area contributed by atoms with E-state index in [2.05, 4.69) is 19.4 Å². The summed E-state index contributed by atoms with van der Waals surface area (Å²) in [5.41, 5.74) is 0. The van der Waals surface area contributed by atoms with Gasteiger partial charge in [-0.05, 0) is 11.6 Å². The molecule has 0 radical (unpaired) electrons. The van der Waals surface area contributed by atoms with Gasteiger partial charge >= 0.3 is 5.82 Å². The van der Waals surface area contributed by atoms with Gasteiger partial charge < -0.3 is 14.8 Å². The van der Waals surface area contributed by atoms with Crippen molar-refractivity contribution in [1.29, 1.82) is 0 Å². The largest absolute Gasteiger partial charge is 0.542 e. The van der Waals surface area contributed by atoms with Crippen molar-refractivity contribution in [3.8, 4) is 0 Å². The van der Waals surface area contributed by atoms with Crippen LogP contribution in [0.1, 0.15) is 12.3 Å². The topological polar surface area (TPSA) is 106 Å². The summed E-state index contributed by atoms with van der Waals surface area (Å²) in [4.78, 5) is 20.9. The summed E-state index contributed by atoms with van der Waals surface area (Å²) in [7, 11) is 0. The summed E-state index contributed by atoms with van der Waals surface area (Å²) in [5, 5.41) is 14.1. The smallest absolute Gasteiger partial charge is 0.387 e. The molecule has 0 saturated heterocycles. The summed E-state index contributed by atoms with van der Waals surface area (Å²) in [6.07, 6.45) is 0.957. The average molecular weight is 202 g/mol. The lowest BCUT2D eigenvalue weighted by Crippen LogP contribution is -2.27. The van der Waals surface area contributed by atoms with Crippen LogP contribution in [0.2, 0.25) is 0 Å². The van der Waals surface area contributed by atoms with Crippen LogP contribution in [0.3, 0.4) is 0 Å². The summed E-state index contributed by atoms with van der Waals surface area (Å²) in [6.45, 7) is -0.144. The molecule has 1 rings (SSSR count). The predicted octanol–water partition coefficient (Wildman–Crippen LogP) is -1.33. The number of hydrogen-bond acceptors (Lipinski definition) is 6. The molecule has 1 aromatic heterocycles. The van der Waals surface area contributed by atoms with Gasteiger partial charge in [-0.1, -0.05) is 0 Å². The van der Waals surface area contributed by atoms with Gasteiger partial charge in [0.2, 0.25) is 11.8 Å². The van der Waals surface area contributed by atoms with Crippen molar-refractivity contribution in [2.45, 2.75) is 12.8 Å². The first kappa shape index (κ1) is 10.5. The molecular weight excluding hydrogens is 192 g/mol. The summed E-state index contributed by atoms with van der Waals surface area (Å²) >= 11 is 0. The minimum absolute atomic E-state index is 0.202. The van der Waals surface area contributed by atoms with E-state index in [0.717, 1.165) is 0 Å². The van der Waals surface area contributed by atoms with Crippen molar-refractivity contribution in [2.24, 2.45) is 0 Å². The molecule has 0 fully saturated rings. The third-order valence-electron chi connectivity index (χ3n) is 1.46. The van der Waals surface area contributed by atoms with Gasteiger partial charge in [0.25, 0.3) is 0 Å². The normalized spacial score (nSPS) is 10.1. The van der Waals surface area contributed by atoms with Crippen molar-refractivity contribution in [3.05, 3.63) is 16.5 Å². The van der Waals surface area contributed by atoms with Crippen LogP contribution >= 0.6 is 0 Å². The number of nitrogens with one attached hydrogen (secondary N) is 1. The lowest BCUT2D eigenvalue weighted by Gasteiger charge is -1.99. The lowest BCUT2D eigenvalue weighted by molar-refractivity contribution is -0.123. The Balaban J connectivity index is 2.16. The third-order valence-corrected chi connectivity index (χ3v) is 1.46. The minimum atomic E-state index is -0.834. The third kappa shape index (κ3) is 3.40. The average Bonchev–Trinajstić information content (AvgIpc) is 2.58. The van der Waals surface area contributed by atoms with E-state index < -0.39 is 18.3 Å². The molecule has 0 atom stereocenters. The van der Waals surface area contributed by atoms with Crippen LogP contribution in [0, 0.1) is 0 Å². The van der Waals surface area contributed by atoms with E-state index in [1.54, 1.807) is 0 Å². The molecule has 0 saturated carbocycles. The Kier molecular flexibility index (Phi) is 3.86. The maximum Gasteiger partial charge on any atom is 0.542 e. The number of aliphatic hydroxyl groups is 1. The second-order valence-electron chi connectivity index (χ2n) is 2.54. The second-order valence-corrected chi connectivity index (χ2v) is 2.54. The fourth-order valence-electron chi connectivity index (χ4n) is 0.842. The molecule has 2 N–H and O–H groups in total. The molecule has 0 aliphatic rings. The van der Waals surface area contributed by atoms with E-state index in [-0.39, 0.29) is 5.89 Å². The Morgan fingerprint density at radius 3 is 2.93 bits per heavy atom. The van der Waals surface area contributed by atoms with E-state index in [0.29, 0.717) is 19.4 Å². The zero-order valence-electron chi connectivity index (χ0n) is 7.36. The van der Waals surface area contributed by atoms with Crippen LogP contribution in [0.4, 0.5) is 0 Å². The number of hydrogen-bond donors (Lipinski definition) is 2. The SMILES string of the molecule is O=C(CO)NCCCc1noc(=O)o1. The molecule has 0 aliphatic carbocycles. The van der Waals surface area contributed by atoms with Gasteiger partial charge in [0, 0.05) is 13.0 Å². The highest BCUT2D eigenvalue weighted by molar-refractivity contribution is 5.76. The molecule has 78 valence electrons. The number of amides is 1. The highest BCUT2D eigenvalue weighted by Gasteiger charge is 2.03. The standard InChI is InChI=1S/C7H10N2O5/c10-4-5(11)8-3-1-2-6-9-14-7(12)13-6/h10H,1-4H2,(H,8,11). The van der Waals surface area contributed by atoms with Gasteiger partial charge in [0.1, 0.15) is 6.61 Å². The first-order valence-electron chi connectivity index (χ1n) is 4.05. The van der Waals surface area contributed by atoms with Gasteiger partial charge in [0.05, 0.1) is 0 Å². The van der Waals surface area contributed by atoms with Crippen molar-refractivity contribution in [3.63, 3.8) is 0 Å².